The summed E-state index contributed by atoms with van der Waals surface area (Å²) in [6.45, 7) is 5.36. The van der Waals surface area contributed by atoms with Crippen LogP contribution in [-0.2, 0) is 14.8 Å². The standard InChI is InChI=1S/C17H19BrN2O3S/c1-11-4-9-16(12(2)10-11)19-17(21)13(3)20-24(22,23)15-7-5-14(18)6-8-15/h4-10,13,20H,1-3H3,(H,19,21). The van der Waals surface area contributed by atoms with Crippen LogP contribution >= 0.6 is 15.9 Å². The zero-order valence-corrected chi connectivity index (χ0v) is 16.0. The van der Waals surface area contributed by atoms with Crippen molar-refractivity contribution < 1.29 is 13.2 Å². The molecule has 0 aromatic heterocycles. The number of amides is 1. The summed E-state index contributed by atoms with van der Waals surface area (Å²) in [6, 6.07) is 11.0. The predicted molar refractivity (Wildman–Crippen MR) is 98.5 cm³/mol. The Hall–Kier alpha value is -1.70. The van der Waals surface area contributed by atoms with Gasteiger partial charge in [0.05, 0.1) is 10.9 Å². The number of anilines is 1. The molecule has 0 aliphatic heterocycles. The van der Waals surface area contributed by atoms with Crippen LogP contribution in [0.1, 0.15) is 18.1 Å². The molecule has 1 unspecified atom stereocenters. The SMILES string of the molecule is Cc1ccc(NC(=O)C(C)NS(=O)(=O)c2ccc(Br)cc2)c(C)c1. The molecule has 0 aliphatic carbocycles. The van der Waals surface area contributed by atoms with E-state index >= 15 is 0 Å². The summed E-state index contributed by atoms with van der Waals surface area (Å²) in [5, 5.41) is 2.75. The van der Waals surface area contributed by atoms with Crippen LogP contribution in [0, 0.1) is 13.8 Å². The molecule has 2 N–H and O–H groups in total. The van der Waals surface area contributed by atoms with E-state index in [4.69, 9.17) is 0 Å². The molecular weight excluding hydrogens is 392 g/mol. The average molecular weight is 411 g/mol. The number of halogens is 1. The summed E-state index contributed by atoms with van der Waals surface area (Å²) < 4.78 is 27.8. The zero-order valence-electron chi connectivity index (χ0n) is 13.6. The van der Waals surface area contributed by atoms with Crippen molar-refractivity contribution in [1.29, 1.82) is 0 Å². The topological polar surface area (TPSA) is 75.3 Å². The third-order valence-electron chi connectivity index (χ3n) is 3.49. The summed E-state index contributed by atoms with van der Waals surface area (Å²) in [6.07, 6.45) is 0. The molecule has 0 heterocycles. The molecule has 0 fully saturated rings. The molecular formula is C17H19BrN2O3S. The van der Waals surface area contributed by atoms with Gasteiger partial charge in [0, 0.05) is 10.2 Å². The molecule has 128 valence electrons. The lowest BCUT2D eigenvalue weighted by Crippen LogP contribution is -2.41. The van der Waals surface area contributed by atoms with Crippen molar-refractivity contribution in [3.8, 4) is 0 Å². The number of benzene rings is 2. The monoisotopic (exact) mass is 410 g/mol. The zero-order chi connectivity index (χ0) is 17.9. The summed E-state index contributed by atoms with van der Waals surface area (Å²) in [5.74, 6) is -0.414. The fourth-order valence-electron chi connectivity index (χ4n) is 2.16. The van der Waals surface area contributed by atoms with Crippen molar-refractivity contribution in [2.24, 2.45) is 0 Å². The molecule has 2 aromatic rings. The summed E-state index contributed by atoms with van der Waals surface area (Å²) in [4.78, 5) is 12.4. The minimum atomic E-state index is -3.76. The molecule has 0 saturated carbocycles. The Labute approximate surface area is 150 Å². The third-order valence-corrected chi connectivity index (χ3v) is 5.57. The first-order chi connectivity index (χ1) is 11.2. The van der Waals surface area contributed by atoms with Gasteiger partial charge in [0.15, 0.2) is 0 Å². The summed E-state index contributed by atoms with van der Waals surface area (Å²) in [5.41, 5.74) is 2.68. The highest BCUT2D eigenvalue weighted by Gasteiger charge is 2.22. The van der Waals surface area contributed by atoms with Gasteiger partial charge < -0.3 is 5.32 Å². The first-order valence-corrected chi connectivity index (χ1v) is 9.62. The molecule has 24 heavy (non-hydrogen) atoms. The average Bonchev–Trinajstić information content (AvgIpc) is 2.50. The molecule has 2 aromatic carbocycles. The Morgan fingerprint density at radius 2 is 1.71 bits per heavy atom. The lowest BCUT2D eigenvalue weighted by atomic mass is 10.1. The van der Waals surface area contributed by atoms with Crippen LogP contribution in [0.5, 0.6) is 0 Å². The normalized spacial score (nSPS) is 12.7. The Morgan fingerprint density at radius 1 is 1.08 bits per heavy atom. The molecule has 7 heteroatoms. The van der Waals surface area contributed by atoms with E-state index < -0.39 is 22.0 Å². The maximum absolute atomic E-state index is 12.3. The van der Waals surface area contributed by atoms with E-state index in [-0.39, 0.29) is 4.90 Å². The van der Waals surface area contributed by atoms with Gasteiger partial charge in [-0.2, -0.15) is 4.72 Å². The molecule has 1 atom stereocenters. The number of rotatable bonds is 5. The minimum Gasteiger partial charge on any atom is -0.324 e. The minimum absolute atomic E-state index is 0.108. The predicted octanol–water partition coefficient (Wildman–Crippen LogP) is 3.37. The van der Waals surface area contributed by atoms with Crippen LogP contribution < -0.4 is 10.0 Å². The van der Waals surface area contributed by atoms with Crippen molar-refractivity contribution in [2.45, 2.75) is 31.7 Å². The van der Waals surface area contributed by atoms with Crippen LogP contribution in [0.3, 0.4) is 0 Å². The van der Waals surface area contributed by atoms with Crippen molar-refractivity contribution in [3.05, 3.63) is 58.1 Å². The van der Waals surface area contributed by atoms with Crippen molar-refractivity contribution in [3.63, 3.8) is 0 Å². The van der Waals surface area contributed by atoms with Crippen molar-refractivity contribution >= 4 is 37.5 Å². The molecule has 0 saturated heterocycles. The fraction of sp³-hybridized carbons (Fsp3) is 0.235. The summed E-state index contributed by atoms with van der Waals surface area (Å²) in [7, 11) is -3.76. The Balaban J connectivity index is 2.09. The van der Waals surface area contributed by atoms with E-state index in [0.717, 1.165) is 15.6 Å². The quantitative estimate of drug-likeness (QED) is 0.792. The molecule has 5 nitrogen and oxygen atoms in total. The van der Waals surface area contributed by atoms with Crippen LogP contribution in [0.15, 0.2) is 51.8 Å². The van der Waals surface area contributed by atoms with Gasteiger partial charge in [-0.1, -0.05) is 33.6 Å². The molecule has 1 amide bonds. The largest absolute Gasteiger partial charge is 0.324 e. The van der Waals surface area contributed by atoms with Gasteiger partial charge in [-0.3, -0.25) is 4.79 Å². The second kappa shape index (κ2) is 7.46. The van der Waals surface area contributed by atoms with Gasteiger partial charge in [-0.25, -0.2) is 8.42 Å². The van der Waals surface area contributed by atoms with Crippen LogP contribution in [0.25, 0.3) is 0 Å². The smallest absolute Gasteiger partial charge is 0.242 e. The summed E-state index contributed by atoms with van der Waals surface area (Å²) >= 11 is 3.26. The highest BCUT2D eigenvalue weighted by molar-refractivity contribution is 9.10. The highest BCUT2D eigenvalue weighted by atomic mass is 79.9. The maximum atomic E-state index is 12.3. The van der Waals surface area contributed by atoms with E-state index in [9.17, 15) is 13.2 Å². The molecule has 0 radical (unpaired) electrons. The maximum Gasteiger partial charge on any atom is 0.242 e. The van der Waals surface area contributed by atoms with Gasteiger partial charge >= 0.3 is 0 Å². The van der Waals surface area contributed by atoms with E-state index in [2.05, 4.69) is 26.0 Å². The molecule has 0 bridgehead atoms. The van der Waals surface area contributed by atoms with E-state index in [1.807, 2.05) is 26.0 Å². The van der Waals surface area contributed by atoms with Gasteiger partial charge in [-0.05, 0) is 56.7 Å². The molecule has 0 aliphatic rings. The van der Waals surface area contributed by atoms with Crippen LogP contribution in [0.4, 0.5) is 5.69 Å². The highest BCUT2D eigenvalue weighted by Crippen LogP contribution is 2.17. The number of aryl methyl sites for hydroxylation is 2. The van der Waals surface area contributed by atoms with Gasteiger partial charge in [-0.15, -0.1) is 0 Å². The number of carbonyl (C=O) groups excluding carboxylic acids is 1. The van der Waals surface area contributed by atoms with Gasteiger partial charge in [0.25, 0.3) is 0 Å². The number of carbonyl (C=O) groups is 1. The van der Waals surface area contributed by atoms with Gasteiger partial charge in [0.2, 0.25) is 15.9 Å². The van der Waals surface area contributed by atoms with E-state index in [0.29, 0.717) is 5.69 Å². The molecule has 2 rings (SSSR count). The fourth-order valence-corrected chi connectivity index (χ4v) is 3.63. The number of sulfonamides is 1. The molecule has 0 spiro atoms. The number of hydrogen-bond donors (Lipinski definition) is 2. The van der Waals surface area contributed by atoms with E-state index in [1.165, 1.54) is 19.1 Å². The Bertz CT molecular complexity index is 849. The van der Waals surface area contributed by atoms with E-state index in [1.54, 1.807) is 18.2 Å². The Kier molecular flexibility index (Phi) is 5.79. The second-order valence-corrected chi connectivity index (χ2v) is 8.23. The van der Waals surface area contributed by atoms with Gasteiger partial charge in [0.1, 0.15) is 0 Å². The van der Waals surface area contributed by atoms with Crippen LogP contribution in [-0.4, -0.2) is 20.4 Å². The second-order valence-electron chi connectivity index (χ2n) is 5.60. The number of hydrogen-bond acceptors (Lipinski definition) is 3. The lowest BCUT2D eigenvalue weighted by Gasteiger charge is -2.16. The number of nitrogens with one attached hydrogen (secondary N) is 2. The van der Waals surface area contributed by atoms with Crippen molar-refractivity contribution in [2.75, 3.05) is 5.32 Å². The third kappa shape index (κ3) is 4.66. The Morgan fingerprint density at radius 3 is 2.29 bits per heavy atom. The first kappa shape index (κ1) is 18.6. The first-order valence-electron chi connectivity index (χ1n) is 7.35. The van der Waals surface area contributed by atoms with Crippen molar-refractivity contribution in [1.82, 2.24) is 4.72 Å². The lowest BCUT2D eigenvalue weighted by molar-refractivity contribution is -0.117. The van der Waals surface area contributed by atoms with Crippen LogP contribution in [0.2, 0.25) is 0 Å².